The van der Waals surface area contributed by atoms with E-state index >= 15 is 0 Å². The first kappa shape index (κ1) is 22.2. The molecule has 8 heteroatoms. The van der Waals surface area contributed by atoms with Gasteiger partial charge in [-0.05, 0) is 49.6 Å². The fraction of sp³-hybridized carbons (Fsp3) is 0.333. The number of carbonyl (C=O) groups is 1. The monoisotopic (exact) mass is 400 g/mol. The molecule has 0 bridgehead atoms. The van der Waals surface area contributed by atoms with Gasteiger partial charge in [-0.3, -0.25) is 4.79 Å². The van der Waals surface area contributed by atoms with Crippen LogP contribution in [-0.2, 0) is 0 Å². The van der Waals surface area contributed by atoms with E-state index in [1.165, 1.54) is 6.07 Å². The van der Waals surface area contributed by atoms with Crippen molar-refractivity contribution in [1.29, 1.82) is 0 Å². The molecule has 1 saturated heterocycles. The predicted octanol–water partition coefficient (Wildman–Crippen LogP) is 3.62. The Morgan fingerprint density at radius 1 is 1.19 bits per heavy atom. The molecule has 2 aromatic rings. The maximum Gasteiger partial charge on any atom is 0.257 e. The van der Waals surface area contributed by atoms with Gasteiger partial charge in [0.2, 0.25) is 0 Å². The van der Waals surface area contributed by atoms with E-state index in [-0.39, 0.29) is 36.5 Å². The minimum Gasteiger partial charge on any atom is -0.339 e. The Morgan fingerprint density at radius 2 is 1.88 bits per heavy atom. The molecule has 5 nitrogen and oxygen atoms in total. The van der Waals surface area contributed by atoms with Crippen LogP contribution in [-0.4, -0.2) is 35.4 Å². The van der Waals surface area contributed by atoms with Gasteiger partial charge in [-0.25, -0.2) is 9.37 Å². The number of benzene rings is 1. The summed E-state index contributed by atoms with van der Waals surface area (Å²) in [6.45, 7) is 2.04. The Bertz CT molecular complexity index is 724. The fourth-order valence-corrected chi connectivity index (χ4v) is 2.91. The Labute approximate surface area is 165 Å². The highest BCUT2D eigenvalue weighted by atomic mass is 35.5. The third-order valence-electron chi connectivity index (χ3n) is 4.40. The molecule has 1 aromatic heterocycles. The smallest absolute Gasteiger partial charge is 0.257 e. The van der Waals surface area contributed by atoms with Crippen LogP contribution in [0.25, 0.3) is 0 Å². The van der Waals surface area contributed by atoms with E-state index in [9.17, 15) is 9.18 Å². The van der Waals surface area contributed by atoms with E-state index in [2.05, 4.69) is 10.3 Å². The van der Waals surface area contributed by atoms with Crippen LogP contribution in [0.15, 0.2) is 42.6 Å². The van der Waals surface area contributed by atoms with E-state index in [1.54, 1.807) is 36.5 Å². The molecule has 2 heterocycles. The summed E-state index contributed by atoms with van der Waals surface area (Å²) < 4.78 is 13.8. The highest BCUT2D eigenvalue weighted by Crippen LogP contribution is 2.24. The van der Waals surface area contributed by atoms with Crippen LogP contribution in [0, 0.1) is 11.7 Å². The van der Waals surface area contributed by atoms with Gasteiger partial charge in [-0.2, -0.15) is 0 Å². The van der Waals surface area contributed by atoms with E-state index < -0.39 is 0 Å². The molecule has 1 aliphatic heterocycles. The summed E-state index contributed by atoms with van der Waals surface area (Å²) in [6.07, 6.45) is 3.41. The summed E-state index contributed by atoms with van der Waals surface area (Å²) in [7, 11) is 0. The van der Waals surface area contributed by atoms with Gasteiger partial charge in [0, 0.05) is 19.3 Å². The zero-order valence-electron chi connectivity index (χ0n) is 14.2. The van der Waals surface area contributed by atoms with Crippen molar-refractivity contribution in [2.75, 3.05) is 25.0 Å². The van der Waals surface area contributed by atoms with Crippen molar-refractivity contribution in [3.05, 3.63) is 54.0 Å². The van der Waals surface area contributed by atoms with Crippen LogP contribution >= 0.6 is 24.8 Å². The van der Waals surface area contributed by atoms with Gasteiger partial charge in [0.15, 0.2) is 0 Å². The lowest BCUT2D eigenvalue weighted by Gasteiger charge is -2.31. The number of hydrogen-bond acceptors (Lipinski definition) is 4. The van der Waals surface area contributed by atoms with Crippen LogP contribution in [0.2, 0.25) is 0 Å². The standard InChI is InChI=1S/C18H21FN4O.2ClH/c19-15-5-1-2-6-16(15)22-17-14(4-3-9-21-17)18(24)23-10-7-13(12-20)8-11-23;;/h1-6,9,13H,7-8,10-12,20H2,(H,21,22);2*1H. The number of para-hydroxylation sites is 1. The zero-order chi connectivity index (χ0) is 16.9. The lowest BCUT2D eigenvalue weighted by atomic mass is 9.96. The van der Waals surface area contributed by atoms with E-state index in [0.29, 0.717) is 42.6 Å². The molecule has 0 saturated carbocycles. The minimum atomic E-state index is -0.384. The Morgan fingerprint density at radius 3 is 2.54 bits per heavy atom. The average Bonchev–Trinajstić information content (AvgIpc) is 2.63. The maximum atomic E-state index is 13.8. The van der Waals surface area contributed by atoms with Gasteiger partial charge >= 0.3 is 0 Å². The van der Waals surface area contributed by atoms with Crippen molar-refractivity contribution in [1.82, 2.24) is 9.88 Å². The van der Waals surface area contributed by atoms with Crippen LogP contribution in [0.5, 0.6) is 0 Å². The molecular formula is C18H23Cl2FN4O. The lowest BCUT2D eigenvalue weighted by molar-refractivity contribution is 0.0694. The molecule has 0 atom stereocenters. The van der Waals surface area contributed by atoms with Crippen molar-refractivity contribution < 1.29 is 9.18 Å². The summed E-state index contributed by atoms with van der Waals surface area (Å²) >= 11 is 0. The highest BCUT2D eigenvalue weighted by molar-refractivity contribution is 5.99. The third-order valence-corrected chi connectivity index (χ3v) is 4.40. The number of halogens is 3. The molecular weight excluding hydrogens is 378 g/mol. The van der Waals surface area contributed by atoms with Gasteiger partial charge in [0.1, 0.15) is 11.6 Å². The normalized spacial score (nSPS) is 14.2. The van der Waals surface area contributed by atoms with E-state index in [4.69, 9.17) is 5.73 Å². The second-order valence-corrected chi connectivity index (χ2v) is 5.98. The Kier molecular flexibility index (Phi) is 8.78. The first-order valence-electron chi connectivity index (χ1n) is 8.15. The Balaban J connectivity index is 0.00000169. The van der Waals surface area contributed by atoms with Crippen LogP contribution in [0.1, 0.15) is 23.2 Å². The quantitative estimate of drug-likeness (QED) is 0.821. The molecule has 0 unspecified atom stereocenters. The Hall–Kier alpha value is -1.89. The molecule has 26 heavy (non-hydrogen) atoms. The number of nitrogens with two attached hydrogens (primary N) is 1. The van der Waals surface area contributed by atoms with E-state index in [0.717, 1.165) is 12.8 Å². The SMILES string of the molecule is Cl.Cl.NCC1CCN(C(=O)c2cccnc2Nc2ccccc2F)CC1. The summed E-state index contributed by atoms with van der Waals surface area (Å²) in [5, 5.41) is 2.93. The topological polar surface area (TPSA) is 71.2 Å². The number of anilines is 2. The van der Waals surface area contributed by atoms with Crippen molar-refractivity contribution in [2.45, 2.75) is 12.8 Å². The summed E-state index contributed by atoms with van der Waals surface area (Å²) in [6, 6.07) is 9.76. The van der Waals surface area contributed by atoms with E-state index in [1.807, 2.05) is 4.90 Å². The van der Waals surface area contributed by atoms with Gasteiger partial charge in [-0.15, -0.1) is 24.8 Å². The summed E-state index contributed by atoms with van der Waals surface area (Å²) in [5.74, 6) is 0.384. The number of carbonyl (C=O) groups excluding carboxylic acids is 1. The molecule has 1 amide bonds. The number of nitrogens with zero attached hydrogens (tertiary/aromatic N) is 2. The molecule has 0 spiro atoms. The third kappa shape index (κ3) is 5.06. The zero-order valence-corrected chi connectivity index (χ0v) is 15.9. The first-order valence-corrected chi connectivity index (χ1v) is 8.15. The second kappa shape index (κ2) is 10.3. The predicted molar refractivity (Wildman–Crippen MR) is 106 cm³/mol. The average molecular weight is 401 g/mol. The first-order chi connectivity index (χ1) is 11.7. The summed E-state index contributed by atoms with van der Waals surface area (Å²) in [5.41, 5.74) is 6.45. The highest BCUT2D eigenvalue weighted by Gasteiger charge is 2.25. The number of likely N-dealkylation sites (tertiary alicyclic amines) is 1. The molecule has 3 rings (SSSR count). The number of rotatable bonds is 4. The second-order valence-electron chi connectivity index (χ2n) is 5.98. The molecule has 1 aromatic carbocycles. The van der Waals surface area contributed by atoms with Gasteiger partial charge in [-0.1, -0.05) is 12.1 Å². The number of pyridine rings is 1. The number of nitrogens with one attached hydrogen (secondary N) is 1. The van der Waals surface area contributed by atoms with Crippen LogP contribution < -0.4 is 11.1 Å². The molecule has 3 N–H and O–H groups in total. The number of hydrogen-bond donors (Lipinski definition) is 2. The number of amides is 1. The lowest BCUT2D eigenvalue weighted by Crippen LogP contribution is -2.40. The van der Waals surface area contributed by atoms with Crippen LogP contribution in [0.3, 0.4) is 0 Å². The summed E-state index contributed by atoms with van der Waals surface area (Å²) in [4.78, 5) is 18.8. The number of aromatic nitrogens is 1. The van der Waals surface area contributed by atoms with Crippen LogP contribution in [0.4, 0.5) is 15.9 Å². The van der Waals surface area contributed by atoms with Gasteiger partial charge in [0.25, 0.3) is 5.91 Å². The van der Waals surface area contributed by atoms with Crippen molar-refractivity contribution in [3.63, 3.8) is 0 Å². The minimum absolute atomic E-state index is 0. The van der Waals surface area contributed by atoms with Crippen molar-refractivity contribution >= 4 is 42.2 Å². The molecule has 1 aliphatic rings. The molecule has 142 valence electrons. The van der Waals surface area contributed by atoms with Gasteiger partial charge in [0.05, 0.1) is 11.3 Å². The largest absolute Gasteiger partial charge is 0.339 e. The van der Waals surface area contributed by atoms with Crippen molar-refractivity contribution in [2.24, 2.45) is 11.7 Å². The molecule has 0 aliphatic carbocycles. The molecule has 1 fully saturated rings. The maximum absolute atomic E-state index is 13.8. The van der Waals surface area contributed by atoms with Crippen molar-refractivity contribution in [3.8, 4) is 0 Å². The fourth-order valence-electron chi connectivity index (χ4n) is 2.91. The number of piperidine rings is 1. The van der Waals surface area contributed by atoms with Gasteiger partial charge < -0.3 is 16.0 Å². The molecule has 0 radical (unpaired) electrons.